The third-order valence-corrected chi connectivity index (χ3v) is 6.87. The Kier molecular flexibility index (Phi) is 5.38. The van der Waals surface area contributed by atoms with Gasteiger partial charge in [0, 0.05) is 42.3 Å². The molecule has 5 heteroatoms. The first kappa shape index (κ1) is 21.9. The van der Waals surface area contributed by atoms with Crippen molar-refractivity contribution in [3.8, 4) is 11.1 Å². The van der Waals surface area contributed by atoms with Crippen LogP contribution in [0.25, 0.3) is 22.0 Å². The molecule has 176 valence electrons. The van der Waals surface area contributed by atoms with E-state index in [4.69, 9.17) is 0 Å². The van der Waals surface area contributed by atoms with Crippen LogP contribution in [0.2, 0.25) is 0 Å². The van der Waals surface area contributed by atoms with E-state index in [1.54, 1.807) is 11.6 Å². The molecule has 1 aliphatic carbocycles. The van der Waals surface area contributed by atoms with Crippen LogP contribution in [0, 0.1) is 0 Å². The van der Waals surface area contributed by atoms with Crippen LogP contribution in [0.5, 0.6) is 0 Å². The number of aromatic nitrogens is 1. The van der Waals surface area contributed by atoms with Crippen molar-refractivity contribution in [3.05, 3.63) is 130 Å². The quantitative estimate of drug-likeness (QED) is 0.314. The second kappa shape index (κ2) is 8.86. The molecule has 0 unspecified atom stereocenters. The molecule has 6 rings (SSSR count). The highest BCUT2D eigenvalue weighted by atomic mass is 16.1. The fraction of sp³-hybridized carbons (Fsp3) is 0.0968. The first-order valence-electron chi connectivity index (χ1n) is 12.0. The summed E-state index contributed by atoms with van der Waals surface area (Å²) in [6, 6.07) is 31.5. The topological polar surface area (TPSA) is 63.1 Å². The van der Waals surface area contributed by atoms with Crippen molar-refractivity contribution >= 4 is 28.1 Å². The lowest BCUT2D eigenvalue weighted by Crippen LogP contribution is -2.25. The Morgan fingerprint density at radius 3 is 1.89 bits per heavy atom. The number of aryl methyl sites for hydroxylation is 1. The van der Waals surface area contributed by atoms with Gasteiger partial charge in [-0.25, -0.2) is 0 Å². The van der Waals surface area contributed by atoms with Crippen LogP contribution in [0.1, 0.15) is 27.0 Å². The molecule has 0 radical (unpaired) electrons. The fourth-order valence-electron chi connectivity index (χ4n) is 5.06. The third kappa shape index (κ3) is 3.57. The zero-order valence-corrected chi connectivity index (χ0v) is 19.9. The minimum absolute atomic E-state index is 0.0353. The Labute approximate surface area is 209 Å². The number of hydrogen-bond acceptors (Lipinski definition) is 4. The van der Waals surface area contributed by atoms with Crippen molar-refractivity contribution in [2.75, 3.05) is 10.6 Å². The first-order chi connectivity index (χ1) is 17.6. The number of nitrogens with zero attached hydrogens (tertiary/aromatic N) is 1. The molecule has 1 aromatic heterocycles. The van der Waals surface area contributed by atoms with Gasteiger partial charge in [-0.05, 0) is 28.8 Å². The zero-order chi connectivity index (χ0) is 24.6. The van der Waals surface area contributed by atoms with Gasteiger partial charge >= 0.3 is 0 Å². The first-order valence-corrected chi connectivity index (χ1v) is 12.0. The molecule has 0 bridgehead atoms. The van der Waals surface area contributed by atoms with Crippen molar-refractivity contribution in [2.24, 2.45) is 7.05 Å². The molecule has 0 spiro atoms. The number of hydrogen-bond donors (Lipinski definition) is 2. The lowest BCUT2D eigenvalue weighted by molar-refractivity contribution is 0.104. The van der Waals surface area contributed by atoms with Crippen LogP contribution in [-0.2, 0) is 20.1 Å². The minimum Gasteiger partial charge on any atom is -0.380 e. The summed E-state index contributed by atoms with van der Waals surface area (Å²) in [5, 5.41) is 7.69. The Balaban J connectivity index is 1.57. The van der Waals surface area contributed by atoms with E-state index < -0.39 is 0 Å². The molecule has 5 nitrogen and oxygen atoms in total. The molecule has 5 aromatic rings. The third-order valence-electron chi connectivity index (χ3n) is 6.87. The lowest BCUT2D eigenvalue weighted by atomic mass is 9.82. The summed E-state index contributed by atoms with van der Waals surface area (Å²) in [5.41, 5.74) is 6.88. The van der Waals surface area contributed by atoms with E-state index in [-0.39, 0.29) is 11.3 Å². The largest absolute Gasteiger partial charge is 0.380 e. The van der Waals surface area contributed by atoms with Gasteiger partial charge in [0.2, 0.25) is 0 Å². The van der Waals surface area contributed by atoms with E-state index in [1.807, 2.05) is 84.9 Å². The van der Waals surface area contributed by atoms with E-state index in [1.165, 1.54) is 0 Å². The normalized spacial score (nSPS) is 11.9. The van der Waals surface area contributed by atoms with Crippen molar-refractivity contribution in [3.63, 3.8) is 0 Å². The Morgan fingerprint density at radius 2 is 1.22 bits per heavy atom. The molecule has 2 N–H and O–H groups in total. The van der Waals surface area contributed by atoms with E-state index in [2.05, 4.69) is 22.8 Å². The van der Waals surface area contributed by atoms with E-state index in [0.29, 0.717) is 29.9 Å². The van der Waals surface area contributed by atoms with Gasteiger partial charge in [0.25, 0.3) is 5.56 Å². The maximum absolute atomic E-state index is 13.9. The molecule has 0 saturated heterocycles. The van der Waals surface area contributed by atoms with Crippen LogP contribution < -0.4 is 16.2 Å². The van der Waals surface area contributed by atoms with Crippen LogP contribution >= 0.6 is 0 Å². The summed E-state index contributed by atoms with van der Waals surface area (Å²) in [4.78, 5) is 27.5. The van der Waals surface area contributed by atoms with Gasteiger partial charge in [0.05, 0.1) is 11.1 Å². The molecule has 1 heterocycles. The van der Waals surface area contributed by atoms with E-state index in [9.17, 15) is 9.59 Å². The SMILES string of the molecule is Cn1c(=O)c(NCc2ccccc2)c2c3c(c(NCc4ccccc4)ccc31)C(=O)c1ccccc1-2. The standard InChI is InChI=1S/C31H25N3O2/c1-34-25-17-16-24(32-18-20-10-4-2-5-11-20)27-28(25)26(22-14-8-9-15-23(22)30(27)35)29(31(34)36)33-19-21-12-6-3-7-13-21/h2-17,32-33H,18-19H2,1H3. The average molecular weight is 472 g/mol. The molecular formula is C31H25N3O2. The van der Waals surface area contributed by atoms with Crippen molar-refractivity contribution in [1.29, 1.82) is 0 Å². The smallest absolute Gasteiger partial charge is 0.274 e. The number of carbonyl (C=O) groups is 1. The minimum atomic E-state index is -0.117. The second-order valence-electron chi connectivity index (χ2n) is 9.05. The Bertz CT molecular complexity index is 1670. The molecule has 4 aromatic carbocycles. The number of anilines is 2. The maximum atomic E-state index is 13.9. The summed E-state index contributed by atoms with van der Waals surface area (Å²) in [7, 11) is 1.76. The molecule has 0 atom stereocenters. The van der Waals surface area contributed by atoms with Gasteiger partial charge in [-0.15, -0.1) is 0 Å². The summed E-state index contributed by atoms with van der Waals surface area (Å²) in [6.45, 7) is 1.10. The van der Waals surface area contributed by atoms with Crippen molar-refractivity contribution < 1.29 is 4.79 Å². The second-order valence-corrected chi connectivity index (χ2v) is 9.05. The van der Waals surface area contributed by atoms with Crippen LogP contribution in [0.4, 0.5) is 11.4 Å². The van der Waals surface area contributed by atoms with Crippen molar-refractivity contribution in [1.82, 2.24) is 4.57 Å². The van der Waals surface area contributed by atoms with Crippen LogP contribution in [0.15, 0.2) is 102 Å². The predicted octanol–water partition coefficient (Wildman–Crippen LogP) is 5.97. The molecule has 0 saturated carbocycles. The number of rotatable bonds is 6. The van der Waals surface area contributed by atoms with E-state index >= 15 is 0 Å². The molecule has 0 aliphatic heterocycles. The summed E-state index contributed by atoms with van der Waals surface area (Å²) < 4.78 is 1.64. The molecule has 36 heavy (non-hydrogen) atoms. The van der Waals surface area contributed by atoms with Gasteiger partial charge < -0.3 is 15.2 Å². The number of ketones is 1. The molecular weight excluding hydrogens is 446 g/mol. The lowest BCUT2D eigenvalue weighted by Gasteiger charge is -2.26. The summed E-state index contributed by atoms with van der Waals surface area (Å²) in [5.74, 6) is -0.0353. The van der Waals surface area contributed by atoms with Crippen molar-refractivity contribution in [2.45, 2.75) is 13.1 Å². The van der Waals surface area contributed by atoms with Crippen LogP contribution in [0.3, 0.4) is 0 Å². The zero-order valence-electron chi connectivity index (χ0n) is 19.9. The van der Waals surface area contributed by atoms with Gasteiger partial charge in [0.15, 0.2) is 5.78 Å². The average Bonchev–Trinajstić information content (AvgIpc) is 2.93. The Hall–Kier alpha value is -4.64. The van der Waals surface area contributed by atoms with Gasteiger partial charge in [-0.2, -0.15) is 0 Å². The summed E-state index contributed by atoms with van der Waals surface area (Å²) in [6.07, 6.45) is 0. The van der Waals surface area contributed by atoms with Gasteiger partial charge in [0.1, 0.15) is 5.69 Å². The fourth-order valence-corrected chi connectivity index (χ4v) is 5.06. The van der Waals surface area contributed by atoms with Gasteiger partial charge in [-0.3, -0.25) is 9.59 Å². The number of pyridine rings is 1. The summed E-state index contributed by atoms with van der Waals surface area (Å²) >= 11 is 0. The molecule has 0 fully saturated rings. The number of fused-ring (bicyclic) bond motifs is 2. The van der Waals surface area contributed by atoms with Crippen LogP contribution in [-0.4, -0.2) is 10.4 Å². The molecule has 0 amide bonds. The maximum Gasteiger partial charge on any atom is 0.274 e. The number of nitrogens with one attached hydrogen (secondary N) is 2. The number of carbonyl (C=O) groups excluding carboxylic acids is 1. The highest BCUT2D eigenvalue weighted by Crippen LogP contribution is 2.44. The van der Waals surface area contributed by atoms with Gasteiger partial charge in [-0.1, -0.05) is 84.9 Å². The number of benzene rings is 4. The highest BCUT2D eigenvalue weighted by molar-refractivity contribution is 6.29. The Morgan fingerprint density at radius 1 is 0.639 bits per heavy atom. The predicted molar refractivity (Wildman–Crippen MR) is 146 cm³/mol. The highest BCUT2D eigenvalue weighted by Gasteiger charge is 2.31. The monoisotopic (exact) mass is 471 g/mol. The molecule has 1 aliphatic rings. The van der Waals surface area contributed by atoms with E-state index in [0.717, 1.165) is 38.8 Å².